The van der Waals surface area contributed by atoms with Crippen molar-refractivity contribution in [3.8, 4) is 0 Å². The number of carbonyl (C=O) groups is 2. The molecule has 5 heteroatoms. The van der Waals surface area contributed by atoms with Crippen molar-refractivity contribution >= 4 is 34.0 Å². The number of hydrogen-bond donors (Lipinski definition) is 1. The van der Waals surface area contributed by atoms with Gasteiger partial charge in [0, 0.05) is 29.9 Å². The van der Waals surface area contributed by atoms with E-state index in [1.165, 1.54) is 11.3 Å². The van der Waals surface area contributed by atoms with Gasteiger partial charge in [-0.25, -0.2) is 0 Å². The lowest BCUT2D eigenvalue weighted by Crippen LogP contribution is -2.08. The van der Waals surface area contributed by atoms with Crippen LogP contribution in [0.5, 0.6) is 0 Å². The van der Waals surface area contributed by atoms with Gasteiger partial charge in [-0.2, -0.15) is 0 Å². The van der Waals surface area contributed by atoms with Gasteiger partial charge in [-0.05, 0) is 35.9 Å². The third kappa shape index (κ3) is 4.11. The first kappa shape index (κ1) is 16.5. The SMILES string of the molecule is O=C(CCc1c[nH]c2ccccc12)OCCCC(=O)c1cccs1. The highest BCUT2D eigenvalue weighted by molar-refractivity contribution is 7.12. The van der Waals surface area contributed by atoms with Gasteiger partial charge in [-0.15, -0.1) is 11.3 Å². The van der Waals surface area contributed by atoms with Crippen molar-refractivity contribution in [1.29, 1.82) is 0 Å². The molecule has 0 aliphatic heterocycles. The summed E-state index contributed by atoms with van der Waals surface area (Å²) in [6, 6.07) is 11.7. The average molecular weight is 341 g/mol. The van der Waals surface area contributed by atoms with Crippen LogP contribution < -0.4 is 0 Å². The number of para-hydroxylation sites is 1. The largest absolute Gasteiger partial charge is 0.466 e. The predicted molar refractivity (Wildman–Crippen MR) is 95.5 cm³/mol. The lowest BCUT2D eigenvalue weighted by molar-refractivity contribution is -0.143. The van der Waals surface area contributed by atoms with Crippen LogP contribution >= 0.6 is 11.3 Å². The third-order valence-corrected chi connectivity index (χ3v) is 4.79. The van der Waals surface area contributed by atoms with Gasteiger partial charge in [0.2, 0.25) is 0 Å². The van der Waals surface area contributed by atoms with Gasteiger partial charge in [-0.1, -0.05) is 24.3 Å². The third-order valence-electron chi connectivity index (χ3n) is 3.88. The summed E-state index contributed by atoms with van der Waals surface area (Å²) in [7, 11) is 0. The standard InChI is InChI=1S/C19H19NO3S/c21-17(18-8-4-12-24-18)7-3-11-23-19(22)10-9-14-13-20-16-6-2-1-5-15(14)16/h1-2,4-6,8,12-13,20H,3,7,9-11H2. The van der Waals surface area contributed by atoms with E-state index in [4.69, 9.17) is 4.74 Å². The molecular weight excluding hydrogens is 322 g/mol. The number of Topliss-reactive ketones (excluding diaryl/α,β-unsaturated/α-hetero) is 1. The van der Waals surface area contributed by atoms with Crippen LogP contribution in [-0.4, -0.2) is 23.3 Å². The summed E-state index contributed by atoms with van der Waals surface area (Å²) < 4.78 is 5.22. The fraction of sp³-hybridized carbons (Fsp3) is 0.263. The topological polar surface area (TPSA) is 59.2 Å². The van der Waals surface area contributed by atoms with Gasteiger partial charge in [0.15, 0.2) is 5.78 Å². The molecule has 3 aromatic rings. The van der Waals surface area contributed by atoms with E-state index in [0.29, 0.717) is 32.3 Å². The zero-order valence-corrected chi connectivity index (χ0v) is 14.1. The molecule has 0 aliphatic rings. The second kappa shape index (κ2) is 7.93. The van der Waals surface area contributed by atoms with Crippen LogP contribution in [0, 0.1) is 0 Å². The van der Waals surface area contributed by atoms with Crippen molar-refractivity contribution in [3.05, 3.63) is 58.4 Å². The highest BCUT2D eigenvalue weighted by atomic mass is 32.1. The summed E-state index contributed by atoms with van der Waals surface area (Å²) in [5.41, 5.74) is 2.20. The number of hydrogen-bond acceptors (Lipinski definition) is 4. The van der Waals surface area contributed by atoms with E-state index >= 15 is 0 Å². The second-order valence-electron chi connectivity index (χ2n) is 5.58. The van der Waals surface area contributed by atoms with E-state index in [0.717, 1.165) is 21.3 Å². The number of aromatic nitrogens is 1. The van der Waals surface area contributed by atoms with E-state index in [1.807, 2.05) is 48.0 Å². The molecule has 2 aromatic heterocycles. The quantitative estimate of drug-likeness (QED) is 0.376. The van der Waals surface area contributed by atoms with Gasteiger partial charge >= 0.3 is 5.97 Å². The molecule has 0 spiro atoms. The molecule has 0 fully saturated rings. The van der Waals surface area contributed by atoms with Crippen LogP contribution in [0.15, 0.2) is 48.0 Å². The number of thiophene rings is 1. The number of nitrogens with one attached hydrogen (secondary N) is 1. The molecular formula is C19H19NO3S. The van der Waals surface area contributed by atoms with Crippen molar-refractivity contribution < 1.29 is 14.3 Å². The number of aromatic amines is 1. The Labute approximate surface area is 144 Å². The summed E-state index contributed by atoms with van der Waals surface area (Å²) in [6.45, 7) is 0.295. The fourth-order valence-electron chi connectivity index (χ4n) is 2.63. The van der Waals surface area contributed by atoms with Crippen LogP contribution in [0.3, 0.4) is 0 Å². The van der Waals surface area contributed by atoms with E-state index < -0.39 is 0 Å². The Kier molecular flexibility index (Phi) is 5.43. The van der Waals surface area contributed by atoms with Crippen LogP contribution in [0.2, 0.25) is 0 Å². The fourth-order valence-corrected chi connectivity index (χ4v) is 3.32. The summed E-state index contributed by atoms with van der Waals surface area (Å²) in [6.07, 6.45) is 3.92. The monoisotopic (exact) mass is 341 g/mol. The van der Waals surface area contributed by atoms with Crippen molar-refractivity contribution in [2.75, 3.05) is 6.61 Å². The lowest BCUT2D eigenvalue weighted by atomic mass is 10.1. The Bertz CT molecular complexity index is 820. The van der Waals surface area contributed by atoms with Gasteiger partial charge in [0.25, 0.3) is 0 Å². The Morgan fingerprint density at radius 3 is 2.79 bits per heavy atom. The highest BCUT2D eigenvalue weighted by Gasteiger charge is 2.09. The summed E-state index contributed by atoms with van der Waals surface area (Å²) in [4.78, 5) is 27.6. The molecule has 0 atom stereocenters. The maximum Gasteiger partial charge on any atom is 0.306 e. The molecule has 1 N–H and O–H groups in total. The minimum atomic E-state index is -0.219. The first-order valence-electron chi connectivity index (χ1n) is 8.01. The van der Waals surface area contributed by atoms with E-state index in [1.54, 1.807) is 0 Å². The van der Waals surface area contributed by atoms with E-state index in [9.17, 15) is 9.59 Å². The molecule has 4 nitrogen and oxygen atoms in total. The van der Waals surface area contributed by atoms with E-state index in [2.05, 4.69) is 4.98 Å². The first-order valence-corrected chi connectivity index (χ1v) is 8.89. The van der Waals surface area contributed by atoms with E-state index in [-0.39, 0.29) is 11.8 Å². The molecule has 0 radical (unpaired) electrons. The molecule has 0 aliphatic carbocycles. The van der Waals surface area contributed by atoms with Crippen LogP contribution in [0.4, 0.5) is 0 Å². The maximum absolute atomic E-state index is 11.8. The molecule has 0 bridgehead atoms. The molecule has 3 rings (SSSR count). The average Bonchev–Trinajstić information content (AvgIpc) is 3.26. The number of esters is 1. The van der Waals surface area contributed by atoms with Crippen LogP contribution in [0.1, 0.15) is 34.5 Å². The number of benzene rings is 1. The summed E-state index contributed by atoms with van der Waals surface area (Å²) >= 11 is 1.44. The Morgan fingerprint density at radius 2 is 1.96 bits per heavy atom. The molecule has 2 heterocycles. The number of aryl methyl sites for hydroxylation is 1. The molecule has 1 aromatic carbocycles. The first-order chi connectivity index (χ1) is 11.7. The normalized spacial score (nSPS) is 10.8. The van der Waals surface area contributed by atoms with Gasteiger partial charge < -0.3 is 9.72 Å². The van der Waals surface area contributed by atoms with Crippen LogP contribution in [0.25, 0.3) is 10.9 Å². The zero-order chi connectivity index (χ0) is 16.8. The Hall–Kier alpha value is -2.40. The number of ether oxygens (including phenoxy) is 1. The van der Waals surface area contributed by atoms with Crippen molar-refractivity contribution in [2.45, 2.75) is 25.7 Å². The van der Waals surface area contributed by atoms with Crippen molar-refractivity contribution in [2.24, 2.45) is 0 Å². The molecule has 0 saturated heterocycles. The maximum atomic E-state index is 11.8. The Balaban J connectivity index is 1.38. The zero-order valence-electron chi connectivity index (χ0n) is 13.3. The Morgan fingerprint density at radius 1 is 1.08 bits per heavy atom. The molecule has 124 valence electrons. The molecule has 0 amide bonds. The van der Waals surface area contributed by atoms with Gasteiger partial charge in [-0.3, -0.25) is 9.59 Å². The van der Waals surface area contributed by atoms with Gasteiger partial charge in [0.05, 0.1) is 11.5 Å². The number of rotatable bonds is 8. The molecule has 0 saturated carbocycles. The van der Waals surface area contributed by atoms with Crippen molar-refractivity contribution in [3.63, 3.8) is 0 Å². The summed E-state index contributed by atoms with van der Waals surface area (Å²) in [5, 5.41) is 3.03. The number of carbonyl (C=O) groups excluding carboxylic acids is 2. The minimum absolute atomic E-state index is 0.111. The number of H-pyrrole nitrogens is 1. The number of ketones is 1. The van der Waals surface area contributed by atoms with Crippen LogP contribution in [-0.2, 0) is 16.0 Å². The predicted octanol–water partition coefficient (Wildman–Crippen LogP) is 4.37. The second-order valence-corrected chi connectivity index (χ2v) is 6.53. The highest BCUT2D eigenvalue weighted by Crippen LogP contribution is 2.19. The van der Waals surface area contributed by atoms with Crippen molar-refractivity contribution in [1.82, 2.24) is 4.98 Å². The smallest absolute Gasteiger partial charge is 0.306 e. The number of fused-ring (bicyclic) bond motifs is 1. The van der Waals surface area contributed by atoms with Gasteiger partial charge in [0.1, 0.15) is 0 Å². The summed E-state index contributed by atoms with van der Waals surface area (Å²) in [5.74, 6) is -0.108. The lowest BCUT2D eigenvalue weighted by Gasteiger charge is -2.04. The minimum Gasteiger partial charge on any atom is -0.466 e. The molecule has 0 unspecified atom stereocenters. The molecule has 24 heavy (non-hydrogen) atoms.